The number of rotatable bonds is 5. The van der Waals surface area contributed by atoms with Crippen LogP contribution < -0.4 is 5.73 Å². The first-order valence-corrected chi connectivity index (χ1v) is 7.79. The maximum atomic E-state index is 12.7. The van der Waals surface area contributed by atoms with E-state index in [-0.39, 0.29) is 5.91 Å². The van der Waals surface area contributed by atoms with Crippen LogP contribution in [0.5, 0.6) is 0 Å². The highest BCUT2D eigenvalue weighted by atomic mass is 79.9. The molecule has 0 aliphatic heterocycles. The molecule has 21 heavy (non-hydrogen) atoms. The Hall–Kier alpha value is -1.59. The van der Waals surface area contributed by atoms with Gasteiger partial charge in [0.15, 0.2) is 0 Å². The molecule has 3 rings (SSSR count). The smallest absolute Gasteiger partial charge is 0.257 e. The molecule has 0 radical (unpaired) electrons. The Bertz CT molecular complexity index is 649. The molecule has 0 saturated heterocycles. The van der Waals surface area contributed by atoms with E-state index in [1.807, 2.05) is 29.2 Å². The normalized spacial score (nSPS) is 14.2. The molecule has 1 heterocycles. The van der Waals surface area contributed by atoms with Crippen molar-refractivity contribution in [3.05, 3.63) is 58.0 Å². The lowest BCUT2D eigenvalue weighted by Gasteiger charge is -2.22. The predicted octanol–water partition coefficient (Wildman–Crippen LogP) is 3.31. The molecule has 0 unspecified atom stereocenters. The highest BCUT2D eigenvalue weighted by molar-refractivity contribution is 9.10. The van der Waals surface area contributed by atoms with Crippen LogP contribution in [0.15, 0.2) is 45.5 Å². The van der Waals surface area contributed by atoms with Crippen molar-refractivity contribution in [1.29, 1.82) is 0 Å². The van der Waals surface area contributed by atoms with E-state index < -0.39 is 0 Å². The molecular formula is C16H17BrN2O2. The van der Waals surface area contributed by atoms with Gasteiger partial charge in [0.25, 0.3) is 5.91 Å². The van der Waals surface area contributed by atoms with Gasteiger partial charge >= 0.3 is 0 Å². The number of carbonyl (C=O) groups excluding carboxylic acids is 1. The summed E-state index contributed by atoms with van der Waals surface area (Å²) in [6.45, 7) is 0.925. The fourth-order valence-electron chi connectivity index (χ4n) is 2.35. The van der Waals surface area contributed by atoms with Gasteiger partial charge in [-0.25, -0.2) is 0 Å². The van der Waals surface area contributed by atoms with E-state index >= 15 is 0 Å². The lowest BCUT2D eigenvalue weighted by atomic mass is 10.2. The minimum Gasteiger partial charge on any atom is -0.467 e. The molecule has 2 N–H and O–H groups in total. The molecule has 1 aromatic carbocycles. The van der Waals surface area contributed by atoms with Crippen molar-refractivity contribution in [3.63, 3.8) is 0 Å². The molecule has 1 amide bonds. The molecule has 2 aromatic rings. The summed E-state index contributed by atoms with van der Waals surface area (Å²) in [5.74, 6) is 0.650. The van der Waals surface area contributed by atoms with Gasteiger partial charge in [0.2, 0.25) is 0 Å². The van der Waals surface area contributed by atoms with Crippen molar-refractivity contribution >= 4 is 21.8 Å². The van der Waals surface area contributed by atoms with Crippen LogP contribution in [-0.4, -0.2) is 16.8 Å². The van der Waals surface area contributed by atoms with Gasteiger partial charge in [-0.15, -0.1) is 0 Å². The summed E-state index contributed by atoms with van der Waals surface area (Å²) < 4.78 is 6.30. The van der Waals surface area contributed by atoms with Crippen LogP contribution in [0.25, 0.3) is 0 Å². The number of halogens is 1. The Balaban J connectivity index is 1.79. The minimum absolute atomic E-state index is 0.0147. The van der Waals surface area contributed by atoms with Crippen molar-refractivity contribution in [2.75, 3.05) is 0 Å². The fourth-order valence-corrected chi connectivity index (χ4v) is 2.80. The van der Waals surface area contributed by atoms with E-state index in [4.69, 9.17) is 10.2 Å². The molecule has 5 heteroatoms. The highest BCUT2D eigenvalue weighted by Crippen LogP contribution is 2.30. The van der Waals surface area contributed by atoms with Gasteiger partial charge in [0, 0.05) is 17.1 Å². The average Bonchev–Trinajstić information content (AvgIpc) is 3.20. The van der Waals surface area contributed by atoms with Crippen molar-refractivity contribution in [2.24, 2.45) is 5.73 Å². The van der Waals surface area contributed by atoms with Gasteiger partial charge in [0.1, 0.15) is 12.0 Å². The number of hydrogen-bond donors (Lipinski definition) is 1. The SMILES string of the molecule is NCc1cc(C(=O)N(Cc2cccc(Br)c2)C2CC2)co1. The summed E-state index contributed by atoms with van der Waals surface area (Å²) in [6.07, 6.45) is 3.64. The lowest BCUT2D eigenvalue weighted by Crippen LogP contribution is -2.32. The molecule has 1 fully saturated rings. The van der Waals surface area contributed by atoms with Crippen LogP contribution in [0, 0.1) is 0 Å². The summed E-state index contributed by atoms with van der Waals surface area (Å²) >= 11 is 3.47. The van der Waals surface area contributed by atoms with E-state index in [9.17, 15) is 4.79 Å². The quantitative estimate of drug-likeness (QED) is 0.901. The highest BCUT2D eigenvalue weighted by Gasteiger charge is 2.33. The number of hydrogen-bond acceptors (Lipinski definition) is 3. The maximum absolute atomic E-state index is 12.7. The molecule has 0 spiro atoms. The third kappa shape index (κ3) is 3.36. The van der Waals surface area contributed by atoms with Crippen LogP contribution in [0.3, 0.4) is 0 Å². The second kappa shape index (κ2) is 6.03. The number of carbonyl (C=O) groups is 1. The van der Waals surface area contributed by atoms with Gasteiger partial charge < -0.3 is 15.1 Å². The van der Waals surface area contributed by atoms with Gasteiger partial charge in [-0.2, -0.15) is 0 Å². The van der Waals surface area contributed by atoms with Gasteiger partial charge in [0.05, 0.1) is 12.1 Å². The van der Waals surface area contributed by atoms with Crippen LogP contribution in [0.2, 0.25) is 0 Å². The van der Waals surface area contributed by atoms with E-state index in [1.54, 1.807) is 6.07 Å². The Kier molecular flexibility index (Phi) is 4.12. The number of nitrogens with zero attached hydrogens (tertiary/aromatic N) is 1. The molecule has 1 aromatic heterocycles. The topological polar surface area (TPSA) is 59.5 Å². The van der Waals surface area contributed by atoms with Crippen molar-refractivity contribution in [2.45, 2.75) is 32.0 Å². The van der Waals surface area contributed by atoms with Crippen LogP contribution in [0.1, 0.15) is 34.5 Å². The Morgan fingerprint density at radius 3 is 2.81 bits per heavy atom. The third-order valence-corrected chi connectivity index (χ3v) is 4.09. The standard InChI is InChI=1S/C16H17BrN2O2/c17-13-3-1-2-11(6-13)9-19(14-4-5-14)16(20)12-7-15(8-18)21-10-12/h1-3,6-7,10,14H,4-5,8-9,18H2. The van der Waals surface area contributed by atoms with Crippen molar-refractivity contribution in [3.8, 4) is 0 Å². The first-order valence-electron chi connectivity index (χ1n) is 7.00. The molecule has 0 bridgehead atoms. The van der Waals surface area contributed by atoms with Crippen molar-refractivity contribution in [1.82, 2.24) is 4.90 Å². The molecule has 0 atom stereocenters. The summed E-state index contributed by atoms with van der Waals surface area (Å²) in [6, 6.07) is 10.1. The van der Waals surface area contributed by atoms with E-state index in [0.29, 0.717) is 30.5 Å². The predicted molar refractivity (Wildman–Crippen MR) is 83.6 cm³/mol. The van der Waals surface area contributed by atoms with E-state index in [1.165, 1.54) is 6.26 Å². The summed E-state index contributed by atoms with van der Waals surface area (Å²) in [5.41, 5.74) is 7.23. The van der Waals surface area contributed by atoms with Crippen LogP contribution in [-0.2, 0) is 13.1 Å². The zero-order valence-electron chi connectivity index (χ0n) is 11.6. The van der Waals surface area contributed by atoms with Gasteiger partial charge in [-0.3, -0.25) is 4.79 Å². The largest absolute Gasteiger partial charge is 0.467 e. The molecule has 1 aliphatic carbocycles. The minimum atomic E-state index is 0.0147. The number of nitrogens with two attached hydrogens (primary N) is 1. The molecule has 1 saturated carbocycles. The van der Waals surface area contributed by atoms with E-state index in [0.717, 1.165) is 22.9 Å². The van der Waals surface area contributed by atoms with Crippen LogP contribution in [0.4, 0.5) is 0 Å². The second-order valence-electron chi connectivity index (χ2n) is 5.30. The Morgan fingerprint density at radius 1 is 1.38 bits per heavy atom. The summed E-state index contributed by atoms with van der Waals surface area (Å²) in [7, 11) is 0. The third-order valence-electron chi connectivity index (χ3n) is 3.59. The van der Waals surface area contributed by atoms with E-state index in [2.05, 4.69) is 15.9 Å². The number of furan rings is 1. The zero-order chi connectivity index (χ0) is 14.8. The summed E-state index contributed by atoms with van der Waals surface area (Å²) in [4.78, 5) is 14.6. The number of benzene rings is 1. The number of amides is 1. The lowest BCUT2D eigenvalue weighted by molar-refractivity contribution is 0.0729. The Morgan fingerprint density at radius 2 is 2.19 bits per heavy atom. The second-order valence-corrected chi connectivity index (χ2v) is 6.22. The monoisotopic (exact) mass is 348 g/mol. The average molecular weight is 349 g/mol. The zero-order valence-corrected chi connectivity index (χ0v) is 13.2. The first-order chi connectivity index (χ1) is 10.2. The molecule has 1 aliphatic rings. The first kappa shape index (κ1) is 14.4. The van der Waals surface area contributed by atoms with Gasteiger partial charge in [-0.05, 0) is 36.6 Å². The Labute approximate surface area is 132 Å². The fraction of sp³-hybridized carbons (Fsp3) is 0.312. The van der Waals surface area contributed by atoms with Crippen molar-refractivity contribution < 1.29 is 9.21 Å². The molecular weight excluding hydrogens is 332 g/mol. The van der Waals surface area contributed by atoms with Crippen LogP contribution >= 0.6 is 15.9 Å². The molecule has 4 nitrogen and oxygen atoms in total. The van der Waals surface area contributed by atoms with Gasteiger partial charge in [-0.1, -0.05) is 28.1 Å². The summed E-state index contributed by atoms with van der Waals surface area (Å²) in [5, 5.41) is 0. The molecule has 110 valence electrons. The maximum Gasteiger partial charge on any atom is 0.257 e.